The van der Waals surface area contributed by atoms with Gasteiger partial charge >= 0.3 is 0 Å². The van der Waals surface area contributed by atoms with Crippen LogP contribution >= 0.6 is 15.9 Å². The van der Waals surface area contributed by atoms with Crippen molar-refractivity contribution in [1.82, 2.24) is 10.2 Å². The summed E-state index contributed by atoms with van der Waals surface area (Å²) in [5, 5.41) is 3.27. The summed E-state index contributed by atoms with van der Waals surface area (Å²) < 4.78 is 0.995. The summed E-state index contributed by atoms with van der Waals surface area (Å²) in [6.45, 7) is 1.90. The Hall–Kier alpha value is -0.870. The lowest BCUT2D eigenvalue weighted by Gasteiger charge is -2.23. The molecule has 1 aromatic carbocycles. The highest BCUT2D eigenvalue weighted by atomic mass is 79.9. The second-order valence-corrected chi connectivity index (χ2v) is 4.99. The van der Waals surface area contributed by atoms with E-state index in [1.165, 1.54) is 0 Å². The van der Waals surface area contributed by atoms with Crippen LogP contribution in [0.15, 0.2) is 28.7 Å². The van der Waals surface area contributed by atoms with E-state index in [4.69, 9.17) is 0 Å². The monoisotopic (exact) mass is 282 g/mol. The first-order valence-electron chi connectivity index (χ1n) is 5.42. The smallest absolute Gasteiger partial charge is 0.253 e. The van der Waals surface area contributed by atoms with Crippen LogP contribution in [0, 0.1) is 0 Å². The molecule has 0 unspecified atom stereocenters. The van der Waals surface area contributed by atoms with E-state index in [1.54, 1.807) is 0 Å². The molecule has 1 saturated heterocycles. The standard InChI is InChI=1S/C12H15BrN2O/c1-15(11-6-7-14-8-11)12(16)9-2-4-10(13)5-3-9/h2-5,11,14H,6-8H2,1H3/t11-/m1/s1. The SMILES string of the molecule is CN(C(=O)c1ccc(Br)cc1)[C@@H]1CCNC1. The number of carbonyl (C=O) groups is 1. The van der Waals surface area contributed by atoms with Crippen LogP contribution in [0.4, 0.5) is 0 Å². The molecule has 1 amide bonds. The van der Waals surface area contributed by atoms with Crippen molar-refractivity contribution in [1.29, 1.82) is 0 Å². The molecule has 4 heteroatoms. The van der Waals surface area contributed by atoms with Gasteiger partial charge in [-0.1, -0.05) is 15.9 Å². The first-order valence-corrected chi connectivity index (χ1v) is 6.21. The van der Waals surface area contributed by atoms with Crippen LogP contribution in [-0.4, -0.2) is 37.0 Å². The Morgan fingerprint density at radius 3 is 2.69 bits per heavy atom. The molecule has 0 aliphatic carbocycles. The van der Waals surface area contributed by atoms with Gasteiger partial charge < -0.3 is 10.2 Å². The lowest BCUT2D eigenvalue weighted by molar-refractivity contribution is 0.0744. The highest BCUT2D eigenvalue weighted by molar-refractivity contribution is 9.10. The summed E-state index contributed by atoms with van der Waals surface area (Å²) >= 11 is 3.36. The summed E-state index contributed by atoms with van der Waals surface area (Å²) in [5.41, 5.74) is 0.748. The number of benzene rings is 1. The number of amides is 1. The molecule has 1 aliphatic heterocycles. The second kappa shape index (κ2) is 4.97. The van der Waals surface area contributed by atoms with Crippen LogP contribution in [0.5, 0.6) is 0 Å². The Bertz CT molecular complexity index is 371. The molecule has 1 fully saturated rings. The van der Waals surface area contributed by atoms with Crippen molar-refractivity contribution in [2.45, 2.75) is 12.5 Å². The quantitative estimate of drug-likeness (QED) is 0.899. The number of hydrogen-bond acceptors (Lipinski definition) is 2. The highest BCUT2D eigenvalue weighted by Gasteiger charge is 2.23. The molecule has 86 valence electrons. The van der Waals surface area contributed by atoms with Crippen molar-refractivity contribution in [2.75, 3.05) is 20.1 Å². The van der Waals surface area contributed by atoms with Crippen molar-refractivity contribution in [2.24, 2.45) is 0 Å². The third kappa shape index (κ3) is 2.44. The Labute approximate surface area is 104 Å². The predicted octanol–water partition coefficient (Wildman–Crippen LogP) is 1.88. The molecule has 3 nitrogen and oxygen atoms in total. The van der Waals surface area contributed by atoms with Crippen LogP contribution in [0.1, 0.15) is 16.8 Å². The van der Waals surface area contributed by atoms with E-state index in [0.29, 0.717) is 6.04 Å². The number of nitrogens with zero attached hydrogens (tertiary/aromatic N) is 1. The molecule has 1 aliphatic rings. The summed E-state index contributed by atoms with van der Waals surface area (Å²) in [7, 11) is 1.88. The van der Waals surface area contributed by atoms with Gasteiger partial charge in [-0.3, -0.25) is 4.79 Å². The fourth-order valence-electron chi connectivity index (χ4n) is 1.93. The van der Waals surface area contributed by atoms with Gasteiger partial charge in [-0.25, -0.2) is 0 Å². The van der Waals surface area contributed by atoms with E-state index >= 15 is 0 Å². The summed E-state index contributed by atoms with van der Waals surface area (Å²) in [6, 6.07) is 7.83. The fourth-order valence-corrected chi connectivity index (χ4v) is 2.20. The number of halogens is 1. The number of carbonyl (C=O) groups excluding carboxylic acids is 1. The first-order chi connectivity index (χ1) is 7.68. The molecule has 1 aromatic rings. The fraction of sp³-hybridized carbons (Fsp3) is 0.417. The second-order valence-electron chi connectivity index (χ2n) is 4.07. The van der Waals surface area contributed by atoms with Crippen molar-refractivity contribution >= 4 is 21.8 Å². The lowest BCUT2D eigenvalue weighted by Crippen LogP contribution is -2.38. The first kappa shape index (κ1) is 11.6. The maximum Gasteiger partial charge on any atom is 0.253 e. The number of likely N-dealkylation sites (N-methyl/N-ethyl adjacent to an activating group) is 1. The number of rotatable bonds is 2. The molecule has 1 N–H and O–H groups in total. The largest absolute Gasteiger partial charge is 0.337 e. The van der Waals surface area contributed by atoms with Gasteiger partial charge in [0.1, 0.15) is 0 Å². The molecule has 0 spiro atoms. The van der Waals surface area contributed by atoms with Crippen LogP contribution in [0.2, 0.25) is 0 Å². The average molecular weight is 283 g/mol. The zero-order valence-electron chi connectivity index (χ0n) is 9.24. The topological polar surface area (TPSA) is 32.3 Å². The van der Waals surface area contributed by atoms with E-state index in [9.17, 15) is 4.79 Å². The molecular weight excluding hydrogens is 268 g/mol. The van der Waals surface area contributed by atoms with Gasteiger partial charge in [-0.2, -0.15) is 0 Å². The Balaban J connectivity index is 2.08. The van der Waals surface area contributed by atoms with Gasteiger partial charge in [0.2, 0.25) is 0 Å². The molecule has 0 saturated carbocycles. The zero-order chi connectivity index (χ0) is 11.5. The Morgan fingerprint density at radius 2 is 2.12 bits per heavy atom. The maximum absolute atomic E-state index is 12.1. The maximum atomic E-state index is 12.1. The Kier molecular flexibility index (Phi) is 3.61. The zero-order valence-corrected chi connectivity index (χ0v) is 10.8. The van der Waals surface area contributed by atoms with E-state index in [1.807, 2.05) is 36.2 Å². The van der Waals surface area contributed by atoms with Crippen molar-refractivity contribution in [3.05, 3.63) is 34.3 Å². The molecule has 1 atom stereocenters. The number of hydrogen-bond donors (Lipinski definition) is 1. The normalized spacial score (nSPS) is 19.8. The number of nitrogens with one attached hydrogen (secondary N) is 1. The molecule has 0 aromatic heterocycles. The van der Waals surface area contributed by atoms with Crippen LogP contribution in [-0.2, 0) is 0 Å². The molecule has 0 radical (unpaired) electrons. The predicted molar refractivity (Wildman–Crippen MR) is 67.5 cm³/mol. The summed E-state index contributed by atoms with van der Waals surface area (Å²) in [4.78, 5) is 14.0. The minimum Gasteiger partial charge on any atom is -0.337 e. The third-order valence-electron chi connectivity index (χ3n) is 2.99. The van der Waals surface area contributed by atoms with Gasteiger partial charge in [-0.05, 0) is 37.2 Å². The van der Waals surface area contributed by atoms with Gasteiger partial charge in [0, 0.05) is 29.7 Å². The van der Waals surface area contributed by atoms with Crippen LogP contribution in [0.3, 0.4) is 0 Å². The molecule has 16 heavy (non-hydrogen) atoms. The Morgan fingerprint density at radius 1 is 1.44 bits per heavy atom. The van der Waals surface area contributed by atoms with Crippen molar-refractivity contribution in [3.8, 4) is 0 Å². The molecular formula is C12H15BrN2O. The highest BCUT2D eigenvalue weighted by Crippen LogP contribution is 2.14. The van der Waals surface area contributed by atoms with Crippen molar-refractivity contribution in [3.63, 3.8) is 0 Å². The summed E-state index contributed by atoms with van der Waals surface area (Å²) in [6.07, 6.45) is 1.04. The minimum absolute atomic E-state index is 0.0983. The van der Waals surface area contributed by atoms with Gasteiger partial charge in [0.15, 0.2) is 0 Å². The van der Waals surface area contributed by atoms with Gasteiger partial charge in [0.05, 0.1) is 0 Å². The minimum atomic E-state index is 0.0983. The van der Waals surface area contributed by atoms with E-state index in [-0.39, 0.29) is 5.91 Å². The average Bonchev–Trinajstić information content (AvgIpc) is 2.81. The lowest BCUT2D eigenvalue weighted by atomic mass is 10.1. The molecule has 0 bridgehead atoms. The summed E-state index contributed by atoms with van der Waals surface area (Å²) in [5.74, 6) is 0.0983. The van der Waals surface area contributed by atoms with E-state index in [2.05, 4.69) is 21.2 Å². The third-order valence-corrected chi connectivity index (χ3v) is 3.52. The van der Waals surface area contributed by atoms with Gasteiger partial charge in [0.25, 0.3) is 5.91 Å². The molecule has 2 rings (SSSR count). The van der Waals surface area contributed by atoms with Crippen LogP contribution in [0.25, 0.3) is 0 Å². The van der Waals surface area contributed by atoms with E-state index in [0.717, 1.165) is 29.5 Å². The van der Waals surface area contributed by atoms with Crippen LogP contribution < -0.4 is 5.32 Å². The van der Waals surface area contributed by atoms with E-state index < -0.39 is 0 Å². The van der Waals surface area contributed by atoms with Gasteiger partial charge in [-0.15, -0.1) is 0 Å². The molecule has 1 heterocycles. The van der Waals surface area contributed by atoms with Crippen molar-refractivity contribution < 1.29 is 4.79 Å².